The molecule has 5 rings (SSSR count). The van der Waals surface area contributed by atoms with Crippen molar-refractivity contribution < 1.29 is 14.7 Å². The fourth-order valence-corrected chi connectivity index (χ4v) is 6.96. The summed E-state index contributed by atoms with van der Waals surface area (Å²) < 4.78 is 0. The maximum Gasteiger partial charge on any atom is 0.178 e. The van der Waals surface area contributed by atoms with Gasteiger partial charge in [0.25, 0.3) is 0 Å². The van der Waals surface area contributed by atoms with Crippen LogP contribution in [-0.4, -0.2) is 22.8 Å². The molecule has 0 heterocycles. The summed E-state index contributed by atoms with van der Waals surface area (Å²) >= 11 is 0. The van der Waals surface area contributed by atoms with Crippen molar-refractivity contribution in [3.63, 3.8) is 0 Å². The van der Waals surface area contributed by atoms with Crippen LogP contribution in [0.3, 0.4) is 0 Å². The molecule has 0 aromatic heterocycles. The van der Waals surface area contributed by atoms with Gasteiger partial charge in [0.05, 0.1) is 6.10 Å². The maximum atomic E-state index is 11.7. The molecular formula is C22H30O3. The first-order valence-electron chi connectivity index (χ1n) is 9.87. The molecule has 3 heteroatoms. The molecule has 0 radical (unpaired) electrons. The van der Waals surface area contributed by atoms with Gasteiger partial charge in [0.2, 0.25) is 0 Å². The molecule has 5 aliphatic carbocycles. The number of hydrogen-bond acceptors (Lipinski definition) is 3. The van der Waals surface area contributed by atoms with Gasteiger partial charge < -0.3 is 9.90 Å². The zero-order chi connectivity index (χ0) is 18.0. The van der Waals surface area contributed by atoms with Crippen LogP contribution in [0.25, 0.3) is 0 Å². The van der Waals surface area contributed by atoms with Gasteiger partial charge in [-0.15, -0.1) is 0 Å². The highest BCUT2D eigenvalue weighted by molar-refractivity contribution is 6.01. The zero-order valence-electron chi connectivity index (χ0n) is 15.6. The minimum atomic E-state index is -0.180. The van der Waals surface area contributed by atoms with Crippen LogP contribution in [0.15, 0.2) is 23.8 Å². The highest BCUT2D eigenvalue weighted by Gasteiger charge is 2.69. The summed E-state index contributed by atoms with van der Waals surface area (Å²) in [5.41, 5.74) is 1.72. The highest BCUT2D eigenvalue weighted by Crippen LogP contribution is 2.76. The van der Waals surface area contributed by atoms with Crippen LogP contribution >= 0.6 is 0 Å². The number of allylic oxidation sites excluding steroid dienone is 4. The second-order valence-corrected chi connectivity index (χ2v) is 9.41. The average molecular weight is 342 g/mol. The van der Waals surface area contributed by atoms with Crippen molar-refractivity contribution >= 4 is 11.6 Å². The molecule has 4 fully saturated rings. The van der Waals surface area contributed by atoms with Gasteiger partial charge in [-0.25, -0.2) is 0 Å². The van der Waals surface area contributed by atoms with E-state index in [-0.39, 0.29) is 23.1 Å². The van der Waals surface area contributed by atoms with E-state index in [2.05, 4.69) is 13.0 Å². The van der Waals surface area contributed by atoms with Gasteiger partial charge in [-0.05, 0) is 87.7 Å². The standard InChI is InChI=1S/C19H24O2.C3H6O/c1-18-7-6-13(20)8-11(18)2-4-14-15-5-3-12-9-19(12,15)10-16(21)17(14)18;1-3(2)4/h6-8,12,14-17,21H,2-5,9-10H2,1H3;1-2H3. The van der Waals surface area contributed by atoms with Gasteiger partial charge in [0.15, 0.2) is 5.78 Å². The number of fused-ring (bicyclic) bond motifs is 4. The van der Waals surface area contributed by atoms with E-state index in [9.17, 15) is 14.7 Å². The number of ketones is 2. The molecule has 0 bridgehead atoms. The Morgan fingerprint density at radius 3 is 2.60 bits per heavy atom. The van der Waals surface area contributed by atoms with Gasteiger partial charge in [-0.2, -0.15) is 0 Å². The number of hydrogen-bond donors (Lipinski definition) is 1. The first-order chi connectivity index (χ1) is 11.8. The SMILES string of the molecule is CC(C)=O.CC12C=CC(=O)C=C1CCC1C2C(O)CC23CC2CCC13. The Bertz CT molecular complexity index is 671. The summed E-state index contributed by atoms with van der Waals surface area (Å²) in [4.78, 5) is 21.2. The molecule has 0 aromatic carbocycles. The molecule has 136 valence electrons. The Hall–Kier alpha value is -1.22. The molecule has 25 heavy (non-hydrogen) atoms. The molecule has 4 saturated carbocycles. The van der Waals surface area contributed by atoms with E-state index in [0.717, 1.165) is 24.7 Å². The van der Waals surface area contributed by atoms with Crippen molar-refractivity contribution in [1.82, 2.24) is 0 Å². The Kier molecular flexibility index (Phi) is 3.88. The zero-order valence-corrected chi connectivity index (χ0v) is 15.6. The molecule has 0 aliphatic heterocycles. The summed E-state index contributed by atoms with van der Waals surface area (Å²) in [5.74, 6) is 3.07. The molecule has 7 atom stereocenters. The lowest BCUT2D eigenvalue weighted by Gasteiger charge is -2.56. The van der Waals surface area contributed by atoms with Crippen molar-refractivity contribution in [2.75, 3.05) is 0 Å². The van der Waals surface area contributed by atoms with E-state index < -0.39 is 0 Å². The molecule has 0 saturated heterocycles. The van der Waals surface area contributed by atoms with Gasteiger partial charge >= 0.3 is 0 Å². The second kappa shape index (κ2) is 5.64. The van der Waals surface area contributed by atoms with E-state index in [1.165, 1.54) is 45.1 Å². The van der Waals surface area contributed by atoms with Crippen LogP contribution in [0.2, 0.25) is 0 Å². The predicted molar refractivity (Wildman–Crippen MR) is 96.8 cm³/mol. The van der Waals surface area contributed by atoms with E-state index in [0.29, 0.717) is 17.3 Å². The van der Waals surface area contributed by atoms with Crippen molar-refractivity contribution in [1.29, 1.82) is 0 Å². The Labute approximate surface area is 150 Å². The summed E-state index contributed by atoms with van der Waals surface area (Å²) in [6, 6.07) is 0. The van der Waals surface area contributed by atoms with Crippen molar-refractivity contribution in [3.05, 3.63) is 23.8 Å². The minimum absolute atomic E-state index is 0.0785. The Morgan fingerprint density at radius 1 is 1.20 bits per heavy atom. The fraction of sp³-hybridized carbons (Fsp3) is 0.727. The van der Waals surface area contributed by atoms with Crippen LogP contribution in [-0.2, 0) is 9.59 Å². The third-order valence-corrected chi connectivity index (χ3v) is 7.87. The number of aliphatic hydroxyl groups excluding tert-OH is 1. The smallest absolute Gasteiger partial charge is 0.178 e. The first kappa shape index (κ1) is 17.2. The Morgan fingerprint density at radius 2 is 1.92 bits per heavy atom. The van der Waals surface area contributed by atoms with Gasteiger partial charge in [-0.3, -0.25) is 4.79 Å². The second-order valence-electron chi connectivity index (χ2n) is 9.41. The number of rotatable bonds is 0. The molecule has 3 nitrogen and oxygen atoms in total. The van der Waals surface area contributed by atoms with Crippen LogP contribution < -0.4 is 0 Å². The molecule has 0 amide bonds. The molecular weight excluding hydrogens is 312 g/mol. The van der Waals surface area contributed by atoms with Crippen molar-refractivity contribution in [2.45, 2.75) is 65.4 Å². The normalized spacial score (nSPS) is 48.9. The fourth-order valence-electron chi connectivity index (χ4n) is 6.96. The van der Waals surface area contributed by atoms with E-state index in [1.54, 1.807) is 6.08 Å². The van der Waals surface area contributed by atoms with Crippen LogP contribution in [0.4, 0.5) is 0 Å². The molecule has 7 unspecified atom stereocenters. The summed E-state index contributed by atoms with van der Waals surface area (Å²) in [6.45, 7) is 5.32. The molecule has 1 spiro atoms. The van der Waals surface area contributed by atoms with Crippen LogP contribution in [0.5, 0.6) is 0 Å². The molecule has 0 aromatic rings. The molecule has 5 aliphatic rings. The quantitative estimate of drug-likeness (QED) is 0.727. The van der Waals surface area contributed by atoms with Gasteiger partial charge in [0, 0.05) is 11.3 Å². The number of carbonyl (C=O) groups excluding carboxylic acids is 2. The highest BCUT2D eigenvalue weighted by atomic mass is 16.3. The Balaban J connectivity index is 0.000000358. The predicted octanol–water partition coefficient (Wildman–Crippen LogP) is 3.86. The van der Waals surface area contributed by atoms with Crippen LogP contribution in [0, 0.1) is 34.5 Å². The number of aliphatic hydroxyl groups is 1. The van der Waals surface area contributed by atoms with Crippen molar-refractivity contribution in [2.24, 2.45) is 34.5 Å². The van der Waals surface area contributed by atoms with Crippen LogP contribution in [0.1, 0.15) is 59.3 Å². The third kappa shape index (κ3) is 2.50. The minimum Gasteiger partial charge on any atom is -0.393 e. The van der Waals surface area contributed by atoms with E-state index in [1.807, 2.05) is 6.08 Å². The first-order valence-corrected chi connectivity index (χ1v) is 9.87. The monoisotopic (exact) mass is 342 g/mol. The van der Waals surface area contributed by atoms with E-state index >= 15 is 0 Å². The largest absolute Gasteiger partial charge is 0.393 e. The maximum absolute atomic E-state index is 11.7. The van der Waals surface area contributed by atoms with E-state index in [4.69, 9.17) is 0 Å². The van der Waals surface area contributed by atoms with Crippen molar-refractivity contribution in [3.8, 4) is 0 Å². The lowest BCUT2D eigenvalue weighted by atomic mass is 9.49. The average Bonchev–Trinajstić information content (AvgIpc) is 3.08. The topological polar surface area (TPSA) is 54.4 Å². The number of carbonyl (C=O) groups is 2. The lowest BCUT2D eigenvalue weighted by molar-refractivity contribution is -0.115. The summed E-state index contributed by atoms with van der Waals surface area (Å²) in [5, 5.41) is 11.0. The van der Waals surface area contributed by atoms with Gasteiger partial charge in [0.1, 0.15) is 5.78 Å². The lowest BCUT2D eigenvalue weighted by Crippen LogP contribution is -2.53. The number of Topliss-reactive ketones (excluding diaryl/α,β-unsaturated/α-hetero) is 1. The third-order valence-electron chi connectivity index (χ3n) is 7.87. The summed E-state index contributed by atoms with van der Waals surface area (Å²) in [6.07, 6.45) is 12.9. The summed E-state index contributed by atoms with van der Waals surface area (Å²) in [7, 11) is 0. The molecule has 1 N–H and O–H groups in total. The van der Waals surface area contributed by atoms with Gasteiger partial charge in [-0.1, -0.05) is 18.6 Å².